The van der Waals surface area contributed by atoms with E-state index in [2.05, 4.69) is 36.7 Å². The highest BCUT2D eigenvalue weighted by Crippen LogP contribution is 2.23. The van der Waals surface area contributed by atoms with E-state index < -0.39 is 10.5 Å². The van der Waals surface area contributed by atoms with E-state index >= 15 is 0 Å². The zero-order valence-corrected chi connectivity index (χ0v) is 14.5. The Bertz CT molecular complexity index is 594. The van der Waals surface area contributed by atoms with Gasteiger partial charge < -0.3 is 17.2 Å². The van der Waals surface area contributed by atoms with Crippen LogP contribution in [0, 0.1) is 5.41 Å². The van der Waals surface area contributed by atoms with Crippen LogP contribution in [0.1, 0.15) is 0 Å². The summed E-state index contributed by atoms with van der Waals surface area (Å²) in [5.74, 6) is 0.0115. The summed E-state index contributed by atoms with van der Waals surface area (Å²) in [4.78, 5) is 19.9. The number of thiol groups is 2. The fourth-order valence-electron chi connectivity index (χ4n) is 1.58. The average molecular weight is 365 g/mol. The maximum Gasteiger partial charge on any atom is 0.273 e. The van der Waals surface area contributed by atoms with Gasteiger partial charge >= 0.3 is 0 Å². The first-order valence-electron chi connectivity index (χ1n) is 6.46. The van der Waals surface area contributed by atoms with Crippen molar-refractivity contribution >= 4 is 53.1 Å². The molecule has 0 aliphatic heterocycles. The topological polar surface area (TPSA) is 139 Å². The first kappa shape index (κ1) is 21.4. The number of nitrogens with zero attached hydrogens (tertiary/aromatic N) is 1. The van der Waals surface area contributed by atoms with E-state index in [0.717, 1.165) is 11.4 Å². The molecule has 0 spiro atoms. The average Bonchev–Trinajstić information content (AvgIpc) is 2.48. The summed E-state index contributed by atoms with van der Waals surface area (Å²) >= 11 is 6.21. The third-order valence-corrected chi connectivity index (χ3v) is 2.27. The molecule has 7 nitrogen and oxygen atoms in total. The molecule has 2 aromatic rings. The Labute approximate surface area is 151 Å². The van der Waals surface area contributed by atoms with Gasteiger partial charge in [-0.1, -0.05) is 61.7 Å². The van der Waals surface area contributed by atoms with E-state index in [1.54, 1.807) is 4.90 Å². The molecule has 0 aliphatic rings. The number of guanidine groups is 1. The van der Waals surface area contributed by atoms with Gasteiger partial charge in [0.1, 0.15) is 0 Å². The summed E-state index contributed by atoms with van der Waals surface area (Å²) in [6.45, 7) is 0. The van der Waals surface area contributed by atoms with Gasteiger partial charge in [0.2, 0.25) is 0 Å². The van der Waals surface area contributed by atoms with Crippen molar-refractivity contribution in [2.45, 2.75) is 0 Å². The Morgan fingerprint density at radius 3 is 1.21 bits per heavy atom. The van der Waals surface area contributed by atoms with E-state index in [1.165, 1.54) is 0 Å². The molecule has 7 N–H and O–H groups in total. The zero-order chi connectivity index (χ0) is 18.5. The minimum absolute atomic E-state index is 0.0115. The number of para-hydroxylation sites is 2. The van der Waals surface area contributed by atoms with Crippen molar-refractivity contribution in [3.05, 3.63) is 60.7 Å². The number of anilines is 2. The third-order valence-electron chi connectivity index (χ3n) is 2.27. The number of hydrogen-bond donors (Lipinski definition) is 6. The van der Waals surface area contributed by atoms with Crippen LogP contribution >= 0.6 is 25.3 Å². The lowest BCUT2D eigenvalue weighted by Crippen LogP contribution is -2.32. The molecule has 2 aromatic carbocycles. The summed E-state index contributed by atoms with van der Waals surface area (Å²) in [6, 6.07) is 19.3. The molecule has 0 atom stereocenters. The number of benzene rings is 2. The Balaban J connectivity index is 0.000000558. The van der Waals surface area contributed by atoms with Crippen LogP contribution in [-0.2, 0) is 0 Å². The lowest BCUT2D eigenvalue weighted by molar-refractivity contribution is 0.266. The molecule has 0 fully saturated rings. The second-order valence-electron chi connectivity index (χ2n) is 4.07. The van der Waals surface area contributed by atoms with Crippen LogP contribution in [0.3, 0.4) is 0 Å². The maximum absolute atomic E-state index is 9.09. The summed E-state index contributed by atoms with van der Waals surface area (Å²) in [5, 5.41) is 6.35. The second kappa shape index (κ2) is 11.9. The monoisotopic (exact) mass is 365 g/mol. The van der Waals surface area contributed by atoms with Crippen molar-refractivity contribution in [2.24, 2.45) is 17.2 Å². The highest BCUT2D eigenvalue weighted by Gasteiger charge is 2.10. The minimum atomic E-state index is -0.639. The van der Waals surface area contributed by atoms with Gasteiger partial charge in [-0.2, -0.15) is 0 Å². The SMILES string of the molecule is N=C(N)N(c1ccccc1)c1ccccc1.NC(=O)S.NC(=O)S. The van der Waals surface area contributed by atoms with Crippen LogP contribution in [0.4, 0.5) is 21.0 Å². The van der Waals surface area contributed by atoms with Crippen LogP contribution in [0.25, 0.3) is 0 Å². The smallest absolute Gasteiger partial charge is 0.273 e. The molecule has 128 valence electrons. The van der Waals surface area contributed by atoms with Crippen molar-refractivity contribution < 1.29 is 9.59 Å². The standard InChI is InChI=1S/C13H13N3.2CH3NOS/c14-13(15)16(11-7-3-1-4-8-11)12-9-5-2-6-10-12;2*2-1(3)4/h1-10H,(H3,14,15);2*(H3,2,3,4). The molecule has 2 amide bonds. The van der Waals surface area contributed by atoms with Crippen molar-refractivity contribution in [3.8, 4) is 0 Å². The molecule has 0 unspecified atom stereocenters. The number of nitrogens with two attached hydrogens (primary N) is 3. The van der Waals surface area contributed by atoms with Gasteiger partial charge in [0.15, 0.2) is 5.96 Å². The molecule has 0 saturated carbocycles. The molecule has 2 rings (SSSR count). The quantitative estimate of drug-likeness (QED) is 0.277. The van der Waals surface area contributed by atoms with Crippen molar-refractivity contribution in [1.29, 1.82) is 5.41 Å². The van der Waals surface area contributed by atoms with Crippen LogP contribution < -0.4 is 22.1 Å². The van der Waals surface area contributed by atoms with E-state index in [4.69, 9.17) is 20.7 Å². The summed E-state index contributed by atoms with van der Waals surface area (Å²) in [6.07, 6.45) is 0. The number of amides is 2. The van der Waals surface area contributed by atoms with Gasteiger partial charge in [-0.25, -0.2) is 0 Å². The van der Waals surface area contributed by atoms with Crippen molar-refractivity contribution in [3.63, 3.8) is 0 Å². The molecule has 0 aromatic heterocycles. The summed E-state index contributed by atoms with van der Waals surface area (Å²) in [5.41, 5.74) is 16.1. The molecule has 0 heterocycles. The maximum atomic E-state index is 9.09. The van der Waals surface area contributed by atoms with E-state index in [1.807, 2.05) is 60.7 Å². The van der Waals surface area contributed by atoms with Crippen molar-refractivity contribution in [1.82, 2.24) is 0 Å². The molecule has 0 aliphatic carbocycles. The normalized spacial score (nSPS) is 8.58. The number of nitrogens with one attached hydrogen (secondary N) is 1. The van der Waals surface area contributed by atoms with Crippen LogP contribution in [0.15, 0.2) is 60.7 Å². The molecule has 0 saturated heterocycles. The number of rotatable bonds is 2. The van der Waals surface area contributed by atoms with E-state index in [0.29, 0.717) is 0 Å². The Kier molecular flexibility index (Phi) is 10.5. The van der Waals surface area contributed by atoms with Gasteiger partial charge in [-0.05, 0) is 24.3 Å². The third kappa shape index (κ3) is 10.1. The molecular weight excluding hydrogens is 346 g/mol. The van der Waals surface area contributed by atoms with Crippen molar-refractivity contribution in [2.75, 3.05) is 4.90 Å². The predicted octanol–water partition coefficient (Wildman–Crippen LogP) is 2.71. The van der Waals surface area contributed by atoms with Gasteiger partial charge in [-0.15, -0.1) is 0 Å². The first-order chi connectivity index (χ1) is 11.3. The number of carbonyl (C=O) groups excluding carboxylic acids is 2. The number of carbonyl (C=O) groups is 2. The second-order valence-corrected chi connectivity index (χ2v) is 4.95. The molecule has 9 heteroatoms. The van der Waals surface area contributed by atoms with Crippen LogP contribution in [-0.4, -0.2) is 16.4 Å². The largest absolute Gasteiger partial charge is 0.369 e. The number of primary amides is 2. The van der Waals surface area contributed by atoms with Gasteiger partial charge in [0, 0.05) is 11.4 Å². The van der Waals surface area contributed by atoms with E-state index in [-0.39, 0.29) is 5.96 Å². The molecule has 24 heavy (non-hydrogen) atoms. The lowest BCUT2D eigenvalue weighted by atomic mass is 10.2. The Morgan fingerprint density at radius 2 is 1.00 bits per heavy atom. The summed E-state index contributed by atoms with van der Waals surface area (Å²) < 4.78 is 0. The Morgan fingerprint density at radius 1 is 0.750 bits per heavy atom. The van der Waals surface area contributed by atoms with Gasteiger partial charge in [-0.3, -0.25) is 19.9 Å². The van der Waals surface area contributed by atoms with Gasteiger partial charge in [0.25, 0.3) is 10.5 Å². The highest BCUT2D eigenvalue weighted by molar-refractivity contribution is 7.96. The summed E-state index contributed by atoms with van der Waals surface area (Å²) in [7, 11) is 0. The molecular formula is C15H19N5O2S2. The highest BCUT2D eigenvalue weighted by atomic mass is 32.1. The zero-order valence-electron chi connectivity index (χ0n) is 12.7. The first-order valence-corrected chi connectivity index (χ1v) is 7.36. The fourth-order valence-corrected chi connectivity index (χ4v) is 1.58. The number of hydrogen-bond acceptors (Lipinski definition) is 3. The Hall–Kier alpha value is -2.65. The minimum Gasteiger partial charge on any atom is -0.369 e. The molecule has 0 bridgehead atoms. The lowest BCUT2D eigenvalue weighted by Gasteiger charge is -2.22. The van der Waals surface area contributed by atoms with Crippen LogP contribution in [0.5, 0.6) is 0 Å². The predicted molar refractivity (Wildman–Crippen MR) is 104 cm³/mol. The van der Waals surface area contributed by atoms with Crippen LogP contribution in [0.2, 0.25) is 0 Å². The van der Waals surface area contributed by atoms with E-state index in [9.17, 15) is 0 Å². The fraction of sp³-hybridized carbons (Fsp3) is 0. The molecule has 0 radical (unpaired) electrons. The van der Waals surface area contributed by atoms with Gasteiger partial charge in [0.05, 0.1) is 0 Å².